The van der Waals surface area contributed by atoms with Gasteiger partial charge in [0, 0.05) is 20.5 Å². The van der Waals surface area contributed by atoms with E-state index in [2.05, 4.69) is 12.1 Å². The molecule has 0 bridgehead atoms. The van der Waals surface area contributed by atoms with Crippen LogP contribution in [0.15, 0.2) is 66.4 Å². The van der Waals surface area contributed by atoms with Gasteiger partial charge in [-0.05, 0) is 71.9 Å². The number of rotatable bonds is 7. The second-order valence-corrected chi connectivity index (χ2v) is 9.76. The second kappa shape index (κ2) is 11.6. The molecule has 204 valence electrons. The number of methoxy groups -OCH3 is 1. The van der Waals surface area contributed by atoms with Gasteiger partial charge in [-0.25, -0.2) is 0 Å². The number of ether oxygens (including phenoxy) is 3. The Morgan fingerprint density at radius 1 is 0.949 bits per heavy atom. The molecule has 1 unspecified atom stereocenters. The van der Waals surface area contributed by atoms with Crippen molar-refractivity contribution in [3.8, 4) is 17.2 Å². The van der Waals surface area contributed by atoms with Gasteiger partial charge in [0.15, 0.2) is 11.5 Å². The second-order valence-electron chi connectivity index (χ2n) is 9.76. The van der Waals surface area contributed by atoms with Gasteiger partial charge in [0.1, 0.15) is 17.5 Å². The zero-order chi connectivity index (χ0) is 26.8. The molecule has 2 aliphatic heterocycles. The molecule has 2 aliphatic rings. The lowest BCUT2D eigenvalue weighted by Crippen LogP contribution is -2.56. The van der Waals surface area contributed by atoms with E-state index in [1.54, 1.807) is 32.2 Å². The van der Waals surface area contributed by atoms with Crippen LogP contribution in [-0.4, -0.2) is 55.7 Å². The normalized spacial score (nSPS) is 17.4. The first-order chi connectivity index (χ1) is 18.4. The average Bonchev–Trinajstić information content (AvgIpc) is 3.39. The number of benzene rings is 3. The summed E-state index contributed by atoms with van der Waals surface area (Å²) in [5, 5.41) is 0. The van der Waals surface area contributed by atoms with Gasteiger partial charge in [0.2, 0.25) is 12.7 Å². The average molecular weight is 529 g/mol. The molecule has 1 saturated heterocycles. The molecule has 0 spiro atoms. The molecule has 1 atom stereocenters. The highest BCUT2D eigenvalue weighted by Crippen LogP contribution is 2.37. The van der Waals surface area contributed by atoms with Crippen LogP contribution in [0, 0.1) is 6.92 Å². The lowest BCUT2D eigenvalue weighted by atomic mass is 9.96. The summed E-state index contributed by atoms with van der Waals surface area (Å²) in [7, 11) is 5.00. The molecule has 0 aromatic heterocycles. The first-order valence-electron chi connectivity index (χ1n) is 12.7. The van der Waals surface area contributed by atoms with Crippen LogP contribution in [0.4, 0.5) is 0 Å². The number of piperazine rings is 1. The Morgan fingerprint density at radius 3 is 2.36 bits per heavy atom. The zero-order valence-corrected chi connectivity index (χ0v) is 22.2. The summed E-state index contributed by atoms with van der Waals surface area (Å²) in [5.41, 5.74) is 5.38. The lowest BCUT2D eigenvalue weighted by molar-refractivity contribution is -0.148. The highest BCUT2D eigenvalue weighted by molar-refractivity contribution is 6.07. The maximum atomic E-state index is 13.6. The van der Waals surface area contributed by atoms with Crippen LogP contribution < -0.4 is 14.2 Å². The Balaban J connectivity index is 0.00000353. The molecule has 7 heteroatoms. The fraction of sp³-hybridized carbons (Fsp3) is 0.312. The van der Waals surface area contributed by atoms with Gasteiger partial charge < -0.3 is 24.0 Å². The Morgan fingerprint density at radius 2 is 1.67 bits per heavy atom. The van der Waals surface area contributed by atoms with Crippen LogP contribution in [-0.2, 0) is 28.9 Å². The van der Waals surface area contributed by atoms with Crippen molar-refractivity contribution in [1.82, 2.24) is 9.80 Å². The third-order valence-electron chi connectivity index (χ3n) is 7.32. The van der Waals surface area contributed by atoms with Gasteiger partial charge in [-0.15, -0.1) is 0 Å². The summed E-state index contributed by atoms with van der Waals surface area (Å²) >= 11 is 0. The van der Waals surface area contributed by atoms with Gasteiger partial charge in [0.25, 0.3) is 5.91 Å². The van der Waals surface area contributed by atoms with Crippen LogP contribution >= 0.6 is 0 Å². The van der Waals surface area contributed by atoms with E-state index in [4.69, 9.17) is 14.2 Å². The maximum Gasteiger partial charge on any atom is 0.271 e. The number of hydrogen-bond donors (Lipinski definition) is 0. The summed E-state index contributed by atoms with van der Waals surface area (Å²) in [4.78, 5) is 30.1. The third kappa shape index (κ3) is 5.62. The number of carbonyl (C=O) groups excluding carboxylic acids is 2. The van der Waals surface area contributed by atoms with Crippen molar-refractivity contribution in [2.75, 3.05) is 28.0 Å². The SMILES string of the molecule is C.COc1ccc(CC2C(=O)N(C)C(=Cc3cc4c(cc3CCc3ccccc3)OCO4)C(=O)N2C)cc1C. The number of fused-ring (bicyclic) bond motifs is 1. The van der Waals surface area contributed by atoms with E-state index < -0.39 is 6.04 Å². The number of amides is 2. The molecule has 0 radical (unpaired) electrons. The first-order valence-corrected chi connectivity index (χ1v) is 12.7. The molecule has 7 nitrogen and oxygen atoms in total. The van der Waals surface area contributed by atoms with Gasteiger partial charge in [-0.1, -0.05) is 49.9 Å². The minimum Gasteiger partial charge on any atom is -0.496 e. The summed E-state index contributed by atoms with van der Waals surface area (Å²) in [5.74, 6) is 1.80. The van der Waals surface area contributed by atoms with Crippen molar-refractivity contribution >= 4 is 17.9 Å². The summed E-state index contributed by atoms with van der Waals surface area (Å²) < 4.78 is 16.6. The highest BCUT2D eigenvalue weighted by atomic mass is 16.7. The van der Waals surface area contributed by atoms with Gasteiger partial charge >= 0.3 is 0 Å². The smallest absolute Gasteiger partial charge is 0.271 e. The monoisotopic (exact) mass is 528 g/mol. The van der Waals surface area contributed by atoms with Crippen LogP contribution in [0.2, 0.25) is 0 Å². The fourth-order valence-electron chi connectivity index (χ4n) is 5.07. The van der Waals surface area contributed by atoms with Crippen molar-refractivity contribution in [3.05, 3.63) is 94.2 Å². The summed E-state index contributed by atoms with van der Waals surface area (Å²) in [6.45, 7) is 2.13. The lowest BCUT2D eigenvalue weighted by Gasteiger charge is -2.38. The van der Waals surface area contributed by atoms with E-state index in [0.717, 1.165) is 40.8 Å². The van der Waals surface area contributed by atoms with Gasteiger partial charge in [-0.2, -0.15) is 0 Å². The van der Waals surface area contributed by atoms with Crippen LogP contribution in [0.25, 0.3) is 6.08 Å². The molecule has 0 N–H and O–H groups in total. The molecular formula is C32H36N2O5. The predicted octanol–water partition coefficient (Wildman–Crippen LogP) is 5.04. The van der Waals surface area contributed by atoms with Crippen molar-refractivity contribution in [3.63, 3.8) is 0 Å². The van der Waals surface area contributed by atoms with Crippen molar-refractivity contribution in [1.29, 1.82) is 0 Å². The summed E-state index contributed by atoms with van der Waals surface area (Å²) in [6, 6.07) is 19.4. The van der Waals surface area contributed by atoms with E-state index in [9.17, 15) is 9.59 Å². The van der Waals surface area contributed by atoms with Gasteiger partial charge in [0.05, 0.1) is 7.11 Å². The number of aryl methyl sites for hydroxylation is 3. The van der Waals surface area contributed by atoms with Crippen molar-refractivity contribution < 1.29 is 23.8 Å². The quantitative estimate of drug-likeness (QED) is 0.402. The third-order valence-corrected chi connectivity index (χ3v) is 7.32. The molecule has 3 aromatic rings. The molecule has 0 aliphatic carbocycles. The number of carbonyl (C=O) groups is 2. The number of hydrogen-bond acceptors (Lipinski definition) is 5. The molecule has 2 heterocycles. The molecular weight excluding hydrogens is 492 g/mol. The first kappa shape index (κ1) is 27.8. The van der Waals surface area contributed by atoms with Crippen LogP contribution in [0.5, 0.6) is 17.2 Å². The number of likely N-dealkylation sites (N-methyl/N-ethyl adjacent to an activating group) is 2. The predicted molar refractivity (Wildman–Crippen MR) is 152 cm³/mol. The minimum absolute atomic E-state index is 0. The molecule has 39 heavy (non-hydrogen) atoms. The van der Waals surface area contributed by atoms with E-state index in [0.29, 0.717) is 23.6 Å². The van der Waals surface area contributed by atoms with Crippen LogP contribution in [0.1, 0.15) is 35.2 Å². The van der Waals surface area contributed by atoms with Crippen LogP contribution in [0.3, 0.4) is 0 Å². The van der Waals surface area contributed by atoms with Gasteiger partial charge in [-0.3, -0.25) is 9.59 Å². The maximum absolute atomic E-state index is 13.6. The fourth-order valence-corrected chi connectivity index (χ4v) is 5.07. The van der Waals surface area contributed by atoms with E-state index >= 15 is 0 Å². The standard InChI is InChI=1S/C31H32N2O5.CH4/c1-20-14-22(11-13-27(20)36-4)15-25-30(34)33(3)26(31(35)32(25)2)16-24-18-29-28(37-19-38-29)17-23(24)12-10-21-8-6-5-7-9-21;/h5-9,11,13-14,16-18,25H,10,12,15,19H2,1-4H3;1H4. The molecule has 2 amide bonds. The van der Waals surface area contributed by atoms with Crippen molar-refractivity contribution in [2.45, 2.75) is 39.7 Å². The Kier molecular flexibility index (Phi) is 8.29. The number of nitrogens with zero attached hydrogens (tertiary/aromatic N) is 2. The minimum atomic E-state index is -0.591. The molecule has 3 aromatic carbocycles. The van der Waals surface area contributed by atoms with Crippen molar-refractivity contribution in [2.24, 2.45) is 0 Å². The van der Waals surface area contributed by atoms with E-state index in [-0.39, 0.29) is 26.0 Å². The highest BCUT2D eigenvalue weighted by Gasteiger charge is 2.39. The zero-order valence-electron chi connectivity index (χ0n) is 22.2. The summed E-state index contributed by atoms with van der Waals surface area (Å²) in [6.07, 6.45) is 3.81. The molecule has 5 rings (SSSR count). The van der Waals surface area contributed by atoms with E-state index in [1.807, 2.05) is 55.5 Å². The Hall–Kier alpha value is -4.26. The largest absolute Gasteiger partial charge is 0.496 e. The topological polar surface area (TPSA) is 68.3 Å². The molecule has 1 fully saturated rings. The Labute approximate surface area is 230 Å². The van der Waals surface area contributed by atoms with E-state index in [1.165, 1.54) is 10.5 Å². The Bertz CT molecular complexity index is 1400. The molecule has 0 saturated carbocycles.